The van der Waals surface area contributed by atoms with Crippen LogP contribution in [0, 0.1) is 32.0 Å². The number of anilines is 2. The van der Waals surface area contributed by atoms with Crippen LogP contribution in [0.2, 0.25) is 0 Å². The zero-order chi connectivity index (χ0) is 27.6. The highest BCUT2D eigenvalue weighted by Crippen LogP contribution is 2.44. The number of benzene rings is 2. The quantitative estimate of drug-likeness (QED) is 0.365. The second kappa shape index (κ2) is 11.0. The van der Waals surface area contributed by atoms with Gasteiger partial charge in [0.1, 0.15) is 17.4 Å². The minimum atomic E-state index is -0.888. The number of nitrogens with zero attached hydrogens (tertiary/aromatic N) is 2. The molecule has 6 nitrogen and oxygen atoms in total. The molecule has 0 spiro atoms. The molecule has 0 radical (unpaired) electrons. The molecule has 1 aliphatic heterocycles. The van der Waals surface area contributed by atoms with Crippen molar-refractivity contribution in [3.05, 3.63) is 70.2 Å². The normalized spacial score (nSPS) is 14.9. The van der Waals surface area contributed by atoms with Crippen molar-refractivity contribution in [3.8, 4) is 16.9 Å². The molecule has 1 aromatic heterocycles. The van der Waals surface area contributed by atoms with E-state index in [0.717, 1.165) is 70.7 Å². The Morgan fingerprint density at radius 2 is 1.71 bits per heavy atom. The number of carbonyl (C=O) groups is 1. The number of ether oxygens (including phenoxy) is 1. The number of carboxylic acids is 1. The smallest absolute Gasteiger partial charge is 0.307 e. The summed E-state index contributed by atoms with van der Waals surface area (Å²) >= 11 is 0. The number of piperidine rings is 1. The van der Waals surface area contributed by atoms with Crippen molar-refractivity contribution in [3.63, 3.8) is 0 Å². The number of aromatic nitrogens is 1. The summed E-state index contributed by atoms with van der Waals surface area (Å²) in [6.45, 7) is 12.5. The van der Waals surface area contributed by atoms with Crippen LogP contribution in [0.4, 0.5) is 15.9 Å². The molecule has 0 aliphatic carbocycles. The van der Waals surface area contributed by atoms with Crippen LogP contribution >= 0.6 is 0 Å². The Morgan fingerprint density at radius 1 is 1.11 bits per heavy atom. The van der Waals surface area contributed by atoms with Gasteiger partial charge in [0, 0.05) is 36.3 Å². The number of aliphatic carboxylic acids is 1. The first kappa shape index (κ1) is 27.4. The summed E-state index contributed by atoms with van der Waals surface area (Å²) in [6.07, 6.45) is 2.59. The lowest BCUT2D eigenvalue weighted by Crippen LogP contribution is -2.38. The van der Waals surface area contributed by atoms with Crippen LogP contribution in [0.15, 0.2) is 36.4 Å². The molecular weight excluding hydrogens is 481 g/mol. The molecule has 1 fully saturated rings. The minimum absolute atomic E-state index is 0.107. The van der Waals surface area contributed by atoms with Crippen molar-refractivity contribution in [1.29, 1.82) is 0 Å². The van der Waals surface area contributed by atoms with E-state index in [0.29, 0.717) is 24.5 Å². The SMILES string of the molecule is Cc1cc(-c2c(N)nc(C)c(CC(=O)O)c2N2CCC(C)(C)CC2)cc(C)c1OCCc1ccc(F)cc1. The Balaban J connectivity index is 1.70. The second-order valence-corrected chi connectivity index (χ2v) is 11.2. The van der Waals surface area contributed by atoms with E-state index in [1.54, 1.807) is 12.1 Å². The van der Waals surface area contributed by atoms with Gasteiger partial charge < -0.3 is 20.5 Å². The maximum absolute atomic E-state index is 13.2. The van der Waals surface area contributed by atoms with Gasteiger partial charge in [0.15, 0.2) is 0 Å². The lowest BCUT2D eigenvalue weighted by molar-refractivity contribution is -0.136. The van der Waals surface area contributed by atoms with Gasteiger partial charge in [0.05, 0.1) is 18.7 Å². The molecule has 7 heteroatoms. The number of nitrogens with two attached hydrogens (primary N) is 1. The lowest BCUT2D eigenvalue weighted by atomic mass is 9.82. The van der Waals surface area contributed by atoms with Crippen LogP contribution in [0.3, 0.4) is 0 Å². The Labute approximate surface area is 224 Å². The van der Waals surface area contributed by atoms with Gasteiger partial charge in [-0.1, -0.05) is 26.0 Å². The highest BCUT2D eigenvalue weighted by Gasteiger charge is 2.30. The van der Waals surface area contributed by atoms with E-state index in [1.165, 1.54) is 12.1 Å². The van der Waals surface area contributed by atoms with Gasteiger partial charge in [-0.05, 0) is 85.5 Å². The van der Waals surface area contributed by atoms with E-state index in [4.69, 9.17) is 10.5 Å². The summed E-state index contributed by atoms with van der Waals surface area (Å²) in [4.78, 5) is 18.7. The second-order valence-electron chi connectivity index (χ2n) is 11.2. The van der Waals surface area contributed by atoms with E-state index in [1.807, 2.05) is 32.9 Å². The number of nitrogen functional groups attached to an aromatic ring is 1. The predicted octanol–water partition coefficient (Wildman–Crippen LogP) is 6.27. The largest absolute Gasteiger partial charge is 0.493 e. The fourth-order valence-electron chi connectivity index (χ4n) is 5.32. The molecule has 2 heterocycles. The summed E-state index contributed by atoms with van der Waals surface area (Å²) in [5, 5.41) is 9.72. The van der Waals surface area contributed by atoms with Gasteiger partial charge in [0.25, 0.3) is 0 Å². The van der Waals surface area contributed by atoms with Gasteiger partial charge in [-0.15, -0.1) is 0 Å². The average Bonchev–Trinajstić information content (AvgIpc) is 2.83. The number of pyridine rings is 1. The summed E-state index contributed by atoms with van der Waals surface area (Å²) in [5.74, 6) is 0.0734. The molecule has 4 rings (SSSR count). The third kappa shape index (κ3) is 6.09. The molecule has 1 saturated heterocycles. The van der Waals surface area contributed by atoms with Crippen LogP contribution in [0.1, 0.15) is 54.6 Å². The Hall–Kier alpha value is -3.61. The zero-order valence-corrected chi connectivity index (χ0v) is 23.0. The number of aryl methyl sites for hydroxylation is 3. The van der Waals surface area contributed by atoms with E-state index < -0.39 is 5.97 Å². The van der Waals surface area contributed by atoms with Crippen LogP contribution < -0.4 is 15.4 Å². The first-order valence-corrected chi connectivity index (χ1v) is 13.2. The first-order valence-electron chi connectivity index (χ1n) is 13.2. The molecule has 0 saturated carbocycles. The van der Waals surface area contributed by atoms with Crippen molar-refractivity contribution >= 4 is 17.5 Å². The topological polar surface area (TPSA) is 88.7 Å². The monoisotopic (exact) mass is 519 g/mol. The predicted molar refractivity (Wildman–Crippen MR) is 150 cm³/mol. The molecule has 38 heavy (non-hydrogen) atoms. The van der Waals surface area contributed by atoms with Gasteiger partial charge in [-0.3, -0.25) is 4.79 Å². The van der Waals surface area contributed by atoms with E-state index in [2.05, 4.69) is 23.7 Å². The van der Waals surface area contributed by atoms with Gasteiger partial charge in [-0.25, -0.2) is 9.37 Å². The molecule has 0 amide bonds. The highest BCUT2D eigenvalue weighted by molar-refractivity contribution is 5.91. The van der Waals surface area contributed by atoms with E-state index in [9.17, 15) is 14.3 Å². The average molecular weight is 520 g/mol. The number of hydrogen-bond acceptors (Lipinski definition) is 5. The summed E-state index contributed by atoms with van der Waals surface area (Å²) < 4.78 is 19.4. The molecule has 1 aliphatic rings. The molecule has 202 valence electrons. The Kier molecular flexibility index (Phi) is 7.95. The van der Waals surface area contributed by atoms with Crippen molar-refractivity contribution in [2.75, 3.05) is 30.3 Å². The van der Waals surface area contributed by atoms with Crippen LogP contribution in [-0.4, -0.2) is 35.8 Å². The molecule has 0 bridgehead atoms. The number of halogens is 1. The van der Waals surface area contributed by atoms with Gasteiger partial charge in [0.2, 0.25) is 0 Å². The van der Waals surface area contributed by atoms with E-state index >= 15 is 0 Å². The first-order chi connectivity index (χ1) is 17.9. The molecular formula is C31H38FN3O3. The summed E-state index contributed by atoms with van der Waals surface area (Å²) in [7, 11) is 0. The molecule has 3 aromatic rings. The molecule has 2 aromatic carbocycles. The van der Waals surface area contributed by atoms with Crippen LogP contribution in [-0.2, 0) is 17.6 Å². The van der Waals surface area contributed by atoms with Crippen LogP contribution in [0.5, 0.6) is 5.75 Å². The minimum Gasteiger partial charge on any atom is -0.493 e. The maximum Gasteiger partial charge on any atom is 0.307 e. The summed E-state index contributed by atoms with van der Waals surface area (Å²) in [5.41, 5.74) is 13.7. The molecule has 0 atom stereocenters. The third-order valence-corrected chi connectivity index (χ3v) is 7.56. The third-order valence-electron chi connectivity index (χ3n) is 7.56. The fraction of sp³-hybridized carbons (Fsp3) is 0.419. The van der Waals surface area contributed by atoms with E-state index in [-0.39, 0.29) is 17.7 Å². The van der Waals surface area contributed by atoms with Gasteiger partial charge in [-0.2, -0.15) is 0 Å². The fourth-order valence-corrected chi connectivity index (χ4v) is 5.32. The number of rotatable bonds is 8. The van der Waals surface area contributed by atoms with Crippen molar-refractivity contribution in [2.24, 2.45) is 5.41 Å². The zero-order valence-electron chi connectivity index (χ0n) is 23.0. The lowest BCUT2D eigenvalue weighted by Gasteiger charge is -2.40. The summed E-state index contributed by atoms with van der Waals surface area (Å²) in [6, 6.07) is 10.6. The van der Waals surface area contributed by atoms with Crippen molar-refractivity contribution < 1.29 is 19.0 Å². The molecule has 0 unspecified atom stereocenters. The Bertz CT molecular complexity index is 1300. The standard InChI is InChI=1S/C31H38FN3O3/c1-19-16-23(17-20(2)29(19)38-15-10-22-6-8-24(32)9-7-22)27-28(35-13-11-31(4,5)12-14-35)25(18-26(36)37)21(3)34-30(27)33/h6-9,16-17H,10-15,18H2,1-5H3,(H2,33,34)(H,36,37). The van der Waals surface area contributed by atoms with Crippen molar-refractivity contribution in [2.45, 2.75) is 60.3 Å². The van der Waals surface area contributed by atoms with Crippen molar-refractivity contribution in [1.82, 2.24) is 4.98 Å². The molecule has 3 N–H and O–H groups in total. The van der Waals surface area contributed by atoms with Gasteiger partial charge >= 0.3 is 5.97 Å². The van der Waals surface area contributed by atoms with Crippen LogP contribution in [0.25, 0.3) is 11.1 Å². The number of hydrogen-bond donors (Lipinski definition) is 2. The maximum atomic E-state index is 13.2. The number of carboxylic acid groups (broad SMARTS) is 1. The highest BCUT2D eigenvalue weighted by atomic mass is 19.1. The Morgan fingerprint density at radius 3 is 2.29 bits per heavy atom.